The molecule has 3 N–H and O–H groups in total. The van der Waals surface area contributed by atoms with Crippen LogP contribution in [0.2, 0.25) is 0 Å². The minimum absolute atomic E-state index is 0.534. The first-order valence-corrected chi connectivity index (χ1v) is 5.09. The Hall–Kier alpha value is -1.32. The van der Waals surface area contributed by atoms with Crippen LogP contribution in [0.1, 0.15) is 25.1 Å². The summed E-state index contributed by atoms with van der Waals surface area (Å²) in [6, 6.07) is 1.78. The summed E-state index contributed by atoms with van der Waals surface area (Å²) in [5, 5.41) is 3.27. The Balaban J connectivity index is 1.87. The molecule has 0 radical (unpaired) electrons. The highest BCUT2D eigenvalue weighted by atomic mass is 15.0. The van der Waals surface area contributed by atoms with E-state index in [1.54, 1.807) is 6.07 Å². The Morgan fingerprint density at radius 1 is 1.50 bits per heavy atom. The number of nitrogens with zero attached hydrogens (tertiary/aromatic N) is 2. The Bertz CT molecular complexity index is 300. The van der Waals surface area contributed by atoms with E-state index in [1.165, 1.54) is 19.3 Å². The first-order chi connectivity index (χ1) is 6.74. The highest BCUT2D eigenvalue weighted by Crippen LogP contribution is 2.32. The molecular weight excluding hydrogens is 176 g/mol. The predicted octanol–water partition coefficient (Wildman–Crippen LogP) is 1.58. The van der Waals surface area contributed by atoms with Gasteiger partial charge in [-0.05, 0) is 19.3 Å². The second kappa shape index (κ2) is 3.82. The lowest BCUT2D eigenvalue weighted by Crippen LogP contribution is -2.06. The van der Waals surface area contributed by atoms with Crippen molar-refractivity contribution in [3.63, 3.8) is 0 Å². The van der Waals surface area contributed by atoms with E-state index in [-0.39, 0.29) is 0 Å². The number of aromatic nitrogens is 2. The van der Waals surface area contributed by atoms with Crippen molar-refractivity contribution < 1.29 is 0 Å². The first kappa shape index (κ1) is 9.24. The van der Waals surface area contributed by atoms with Gasteiger partial charge in [-0.15, -0.1) is 0 Å². The Morgan fingerprint density at radius 2 is 2.29 bits per heavy atom. The zero-order valence-corrected chi connectivity index (χ0v) is 8.45. The predicted molar refractivity (Wildman–Crippen MR) is 57.0 cm³/mol. The Labute approximate surface area is 83.9 Å². The molecule has 14 heavy (non-hydrogen) atoms. The number of nitrogen functional groups attached to an aromatic ring is 1. The number of nitrogens with one attached hydrogen (secondary N) is 1. The fourth-order valence-corrected chi connectivity index (χ4v) is 1.49. The van der Waals surface area contributed by atoms with Crippen LogP contribution in [-0.4, -0.2) is 16.5 Å². The van der Waals surface area contributed by atoms with Crippen molar-refractivity contribution in [1.29, 1.82) is 0 Å². The molecule has 0 aromatic carbocycles. The van der Waals surface area contributed by atoms with Gasteiger partial charge in [0, 0.05) is 12.6 Å². The monoisotopic (exact) mass is 192 g/mol. The van der Waals surface area contributed by atoms with Crippen LogP contribution in [0, 0.1) is 12.8 Å². The summed E-state index contributed by atoms with van der Waals surface area (Å²) < 4.78 is 0. The van der Waals surface area contributed by atoms with E-state index in [4.69, 9.17) is 5.73 Å². The van der Waals surface area contributed by atoms with Crippen LogP contribution in [0.4, 0.5) is 11.6 Å². The summed E-state index contributed by atoms with van der Waals surface area (Å²) in [5.41, 5.74) is 5.61. The maximum atomic E-state index is 5.61. The molecule has 0 saturated heterocycles. The normalized spacial score (nSPS) is 15.5. The van der Waals surface area contributed by atoms with Crippen molar-refractivity contribution in [2.24, 2.45) is 5.92 Å². The maximum absolute atomic E-state index is 5.61. The molecule has 4 nitrogen and oxygen atoms in total. The van der Waals surface area contributed by atoms with Crippen LogP contribution < -0.4 is 11.1 Å². The maximum Gasteiger partial charge on any atom is 0.131 e. The van der Waals surface area contributed by atoms with Gasteiger partial charge in [0.15, 0.2) is 0 Å². The average molecular weight is 192 g/mol. The molecular formula is C10H16N4. The van der Waals surface area contributed by atoms with Crippen LogP contribution in [-0.2, 0) is 0 Å². The molecule has 0 spiro atoms. The quantitative estimate of drug-likeness (QED) is 0.760. The van der Waals surface area contributed by atoms with E-state index >= 15 is 0 Å². The number of hydrogen-bond donors (Lipinski definition) is 2. The number of aryl methyl sites for hydroxylation is 1. The summed E-state index contributed by atoms with van der Waals surface area (Å²) in [4.78, 5) is 8.27. The molecule has 4 heteroatoms. The van der Waals surface area contributed by atoms with Gasteiger partial charge in [-0.2, -0.15) is 0 Å². The van der Waals surface area contributed by atoms with Crippen molar-refractivity contribution in [2.45, 2.75) is 26.2 Å². The molecule has 1 aromatic heterocycles. The third-order valence-electron chi connectivity index (χ3n) is 2.41. The molecule has 1 aliphatic rings. The van der Waals surface area contributed by atoms with E-state index in [0.29, 0.717) is 5.82 Å². The van der Waals surface area contributed by atoms with E-state index < -0.39 is 0 Å². The van der Waals surface area contributed by atoms with Crippen LogP contribution in [0.25, 0.3) is 0 Å². The van der Waals surface area contributed by atoms with Crippen LogP contribution in [0.5, 0.6) is 0 Å². The number of rotatable bonds is 4. The molecule has 1 fully saturated rings. The number of anilines is 2. The van der Waals surface area contributed by atoms with Gasteiger partial charge in [0.2, 0.25) is 0 Å². The molecule has 2 rings (SSSR count). The largest absolute Gasteiger partial charge is 0.384 e. The second-order valence-corrected chi connectivity index (χ2v) is 3.88. The van der Waals surface area contributed by atoms with Gasteiger partial charge in [-0.25, -0.2) is 9.97 Å². The van der Waals surface area contributed by atoms with Gasteiger partial charge in [-0.1, -0.05) is 12.8 Å². The lowest BCUT2D eigenvalue weighted by molar-refractivity contribution is 0.757. The minimum Gasteiger partial charge on any atom is -0.384 e. The topological polar surface area (TPSA) is 63.8 Å². The molecule has 1 heterocycles. The fourth-order valence-electron chi connectivity index (χ4n) is 1.49. The van der Waals surface area contributed by atoms with E-state index in [1.807, 2.05) is 6.92 Å². The molecule has 0 aliphatic heterocycles. The van der Waals surface area contributed by atoms with Crippen molar-refractivity contribution in [2.75, 3.05) is 17.6 Å². The van der Waals surface area contributed by atoms with Crippen LogP contribution in [0.15, 0.2) is 6.07 Å². The van der Waals surface area contributed by atoms with Gasteiger partial charge in [0.25, 0.3) is 0 Å². The lowest BCUT2D eigenvalue weighted by Gasteiger charge is -2.05. The number of nitrogens with two attached hydrogens (primary N) is 1. The third kappa shape index (κ3) is 2.58. The first-order valence-electron chi connectivity index (χ1n) is 5.09. The van der Waals surface area contributed by atoms with Crippen molar-refractivity contribution in [1.82, 2.24) is 9.97 Å². The van der Waals surface area contributed by atoms with E-state index in [0.717, 1.165) is 24.1 Å². The zero-order valence-electron chi connectivity index (χ0n) is 8.45. The fraction of sp³-hybridized carbons (Fsp3) is 0.600. The molecule has 1 saturated carbocycles. The van der Waals surface area contributed by atoms with Crippen LogP contribution in [0.3, 0.4) is 0 Å². The molecule has 1 aliphatic carbocycles. The van der Waals surface area contributed by atoms with E-state index in [2.05, 4.69) is 15.3 Å². The SMILES string of the molecule is Cc1nc(N)cc(NCCC2CC2)n1. The highest BCUT2D eigenvalue weighted by Gasteiger charge is 2.20. The standard InChI is InChI=1S/C10H16N4/c1-7-13-9(11)6-10(14-7)12-5-4-8-2-3-8/h6,8H,2-5H2,1H3,(H3,11,12,13,14). The molecule has 0 atom stereocenters. The van der Waals surface area contributed by atoms with Gasteiger partial charge < -0.3 is 11.1 Å². The summed E-state index contributed by atoms with van der Waals surface area (Å²) >= 11 is 0. The average Bonchev–Trinajstić information content (AvgIpc) is 2.86. The Morgan fingerprint density at radius 3 is 2.93 bits per heavy atom. The summed E-state index contributed by atoms with van der Waals surface area (Å²) in [6.07, 6.45) is 4.03. The Kier molecular flexibility index (Phi) is 2.52. The summed E-state index contributed by atoms with van der Waals surface area (Å²) in [7, 11) is 0. The second-order valence-electron chi connectivity index (χ2n) is 3.88. The van der Waals surface area contributed by atoms with Crippen molar-refractivity contribution in [3.8, 4) is 0 Å². The molecule has 0 unspecified atom stereocenters. The molecule has 76 valence electrons. The van der Waals surface area contributed by atoms with Gasteiger partial charge in [0.1, 0.15) is 17.5 Å². The molecule has 0 amide bonds. The summed E-state index contributed by atoms with van der Waals surface area (Å²) in [6.45, 7) is 2.84. The van der Waals surface area contributed by atoms with Crippen molar-refractivity contribution in [3.05, 3.63) is 11.9 Å². The lowest BCUT2D eigenvalue weighted by atomic mass is 10.3. The van der Waals surface area contributed by atoms with Gasteiger partial charge >= 0.3 is 0 Å². The zero-order chi connectivity index (χ0) is 9.97. The van der Waals surface area contributed by atoms with Crippen molar-refractivity contribution >= 4 is 11.6 Å². The minimum atomic E-state index is 0.534. The number of hydrogen-bond acceptors (Lipinski definition) is 4. The van der Waals surface area contributed by atoms with Gasteiger partial charge in [0.05, 0.1) is 0 Å². The third-order valence-corrected chi connectivity index (χ3v) is 2.41. The highest BCUT2D eigenvalue weighted by molar-refractivity contribution is 5.44. The smallest absolute Gasteiger partial charge is 0.131 e. The van der Waals surface area contributed by atoms with Crippen LogP contribution >= 0.6 is 0 Å². The molecule has 0 bridgehead atoms. The molecule has 1 aromatic rings. The van der Waals surface area contributed by atoms with Gasteiger partial charge in [-0.3, -0.25) is 0 Å². The van der Waals surface area contributed by atoms with E-state index in [9.17, 15) is 0 Å². The summed E-state index contributed by atoms with van der Waals surface area (Å²) in [5.74, 6) is 3.05.